The highest BCUT2D eigenvalue weighted by atomic mass is 32.2. The van der Waals surface area contributed by atoms with Crippen LogP contribution in [0.2, 0.25) is 0 Å². The van der Waals surface area contributed by atoms with Gasteiger partial charge in [-0.05, 0) is 6.07 Å². The average molecular weight is 230 g/mol. The van der Waals surface area contributed by atoms with Gasteiger partial charge in [0.2, 0.25) is 10.0 Å². The van der Waals surface area contributed by atoms with Crippen molar-refractivity contribution in [3.63, 3.8) is 0 Å². The second-order valence-corrected chi connectivity index (χ2v) is 4.50. The van der Waals surface area contributed by atoms with Crippen LogP contribution in [0.5, 0.6) is 0 Å². The van der Waals surface area contributed by atoms with Gasteiger partial charge in [0.25, 0.3) is 0 Å². The molecule has 0 fully saturated rings. The van der Waals surface area contributed by atoms with Gasteiger partial charge in [0.05, 0.1) is 11.0 Å². The Balaban J connectivity index is 2.83. The average Bonchev–Trinajstić information content (AvgIpc) is 2.40. The van der Waals surface area contributed by atoms with Crippen LogP contribution in [0.25, 0.3) is 11.0 Å². The van der Waals surface area contributed by atoms with Gasteiger partial charge in [0.15, 0.2) is 5.95 Å². The number of sulfonamides is 1. The number of rotatable bonds is 1. The monoisotopic (exact) mass is 230 g/mol. The Bertz CT molecular complexity index is 634. The van der Waals surface area contributed by atoms with Gasteiger partial charge in [0, 0.05) is 6.07 Å². The molecule has 0 bridgehead atoms. The summed E-state index contributed by atoms with van der Waals surface area (Å²) in [7, 11) is -4.08. The Morgan fingerprint density at radius 2 is 2.07 bits per heavy atom. The van der Waals surface area contributed by atoms with Crippen molar-refractivity contribution in [1.82, 2.24) is 9.97 Å². The summed E-state index contributed by atoms with van der Waals surface area (Å²) in [6, 6.07) is 2.02. The Morgan fingerprint density at radius 3 is 2.67 bits per heavy atom. The van der Waals surface area contributed by atoms with Gasteiger partial charge in [0.1, 0.15) is 10.7 Å². The zero-order valence-electron chi connectivity index (χ0n) is 7.36. The molecule has 0 amide bonds. The highest BCUT2D eigenvalue weighted by Crippen LogP contribution is 2.20. The van der Waals surface area contributed by atoms with Crippen molar-refractivity contribution >= 4 is 27.0 Å². The van der Waals surface area contributed by atoms with E-state index in [1.54, 1.807) is 0 Å². The Hall–Kier alpha value is -1.67. The first-order valence-electron chi connectivity index (χ1n) is 3.85. The fourth-order valence-corrected chi connectivity index (χ4v) is 1.86. The molecule has 2 aromatic rings. The molecule has 0 spiro atoms. The lowest BCUT2D eigenvalue weighted by molar-refractivity contribution is 0.569. The topological polar surface area (TPSA) is 115 Å². The van der Waals surface area contributed by atoms with E-state index in [2.05, 4.69) is 9.97 Å². The van der Waals surface area contributed by atoms with Crippen LogP contribution < -0.4 is 10.9 Å². The number of hydrogen-bond acceptors (Lipinski definition) is 4. The molecule has 0 radical (unpaired) electrons. The van der Waals surface area contributed by atoms with Gasteiger partial charge in [-0.3, -0.25) is 0 Å². The first-order valence-corrected chi connectivity index (χ1v) is 5.40. The molecule has 0 aliphatic carbocycles. The number of nitrogen functional groups attached to an aromatic ring is 1. The number of H-pyrrole nitrogens is 1. The normalized spacial score (nSPS) is 12.1. The smallest absolute Gasteiger partial charge is 0.241 e. The minimum Gasteiger partial charge on any atom is -0.369 e. The summed E-state index contributed by atoms with van der Waals surface area (Å²) in [5, 5.41) is 4.82. The second-order valence-electron chi connectivity index (χ2n) is 2.97. The van der Waals surface area contributed by atoms with E-state index in [4.69, 9.17) is 10.9 Å². The third-order valence-electron chi connectivity index (χ3n) is 1.86. The van der Waals surface area contributed by atoms with Crippen LogP contribution in [0.3, 0.4) is 0 Å². The SMILES string of the molecule is Nc1nc2cc(F)c(S(N)(=O)=O)cc2[nH]1. The van der Waals surface area contributed by atoms with E-state index in [9.17, 15) is 12.8 Å². The molecule has 1 heterocycles. The highest BCUT2D eigenvalue weighted by Gasteiger charge is 2.16. The first kappa shape index (κ1) is 9.87. The second kappa shape index (κ2) is 2.91. The number of nitrogens with one attached hydrogen (secondary N) is 1. The van der Waals surface area contributed by atoms with Crippen LogP contribution in [-0.4, -0.2) is 18.4 Å². The number of primary sulfonamides is 1. The number of nitrogens with two attached hydrogens (primary N) is 2. The van der Waals surface area contributed by atoms with Crippen LogP contribution in [0.1, 0.15) is 0 Å². The molecule has 80 valence electrons. The zero-order chi connectivity index (χ0) is 11.2. The van der Waals surface area contributed by atoms with Crippen molar-refractivity contribution in [3.8, 4) is 0 Å². The van der Waals surface area contributed by atoms with E-state index >= 15 is 0 Å². The summed E-state index contributed by atoms with van der Waals surface area (Å²) in [6.45, 7) is 0. The molecule has 5 N–H and O–H groups in total. The molecule has 0 atom stereocenters. The van der Waals surface area contributed by atoms with Crippen molar-refractivity contribution in [1.29, 1.82) is 0 Å². The maximum Gasteiger partial charge on any atom is 0.241 e. The van der Waals surface area contributed by atoms with E-state index in [1.807, 2.05) is 0 Å². The number of nitrogens with zero attached hydrogens (tertiary/aromatic N) is 1. The van der Waals surface area contributed by atoms with Gasteiger partial charge < -0.3 is 10.7 Å². The number of aromatic amines is 1. The third kappa shape index (κ3) is 1.64. The van der Waals surface area contributed by atoms with Crippen LogP contribution in [0.4, 0.5) is 10.3 Å². The fourth-order valence-electron chi connectivity index (χ4n) is 1.25. The van der Waals surface area contributed by atoms with Gasteiger partial charge in [-0.15, -0.1) is 0 Å². The number of halogens is 1. The Morgan fingerprint density at radius 1 is 1.40 bits per heavy atom. The molecule has 8 heteroatoms. The van der Waals surface area contributed by atoms with E-state index in [-0.39, 0.29) is 11.5 Å². The lowest BCUT2D eigenvalue weighted by Gasteiger charge is -1.99. The van der Waals surface area contributed by atoms with Crippen LogP contribution in [0.15, 0.2) is 17.0 Å². The molecule has 2 rings (SSSR count). The van der Waals surface area contributed by atoms with Crippen molar-refractivity contribution in [2.24, 2.45) is 5.14 Å². The minimum absolute atomic E-state index is 0.0796. The molecule has 0 saturated carbocycles. The van der Waals surface area contributed by atoms with Crippen molar-refractivity contribution in [2.45, 2.75) is 4.90 Å². The summed E-state index contributed by atoms with van der Waals surface area (Å²) in [4.78, 5) is 5.74. The standard InChI is InChI=1S/C7H7FN4O2S/c8-3-1-4-5(12-7(9)11-4)2-6(3)15(10,13)14/h1-2H,(H3,9,11,12)(H2,10,13,14). The predicted molar refractivity (Wildman–Crippen MR) is 51.8 cm³/mol. The van der Waals surface area contributed by atoms with Crippen molar-refractivity contribution in [3.05, 3.63) is 17.9 Å². The maximum absolute atomic E-state index is 13.3. The first-order chi connectivity index (χ1) is 6.88. The number of aromatic nitrogens is 2. The van der Waals surface area contributed by atoms with E-state index in [1.165, 1.54) is 0 Å². The molecule has 15 heavy (non-hydrogen) atoms. The molecular weight excluding hydrogens is 223 g/mol. The number of benzene rings is 1. The molecule has 1 aromatic heterocycles. The molecule has 0 aliphatic heterocycles. The molecule has 6 nitrogen and oxygen atoms in total. The summed E-state index contributed by atoms with van der Waals surface area (Å²) in [6.07, 6.45) is 0. The maximum atomic E-state index is 13.3. The van der Waals surface area contributed by atoms with E-state index < -0.39 is 20.7 Å². The lowest BCUT2D eigenvalue weighted by atomic mass is 10.3. The molecule has 1 aromatic carbocycles. The molecule has 0 saturated heterocycles. The summed E-state index contributed by atoms with van der Waals surface area (Å²) in [5.74, 6) is -0.868. The van der Waals surface area contributed by atoms with Gasteiger partial charge in [-0.25, -0.2) is 22.9 Å². The minimum atomic E-state index is -4.08. The molecule has 0 aliphatic rings. The molecule has 0 unspecified atom stereocenters. The quantitative estimate of drug-likeness (QED) is 0.636. The van der Waals surface area contributed by atoms with E-state index in [0.29, 0.717) is 5.52 Å². The zero-order valence-corrected chi connectivity index (χ0v) is 8.18. The Labute approximate surface area is 84.1 Å². The van der Waals surface area contributed by atoms with Gasteiger partial charge in [-0.1, -0.05) is 0 Å². The van der Waals surface area contributed by atoms with Gasteiger partial charge >= 0.3 is 0 Å². The molecular formula is C7H7FN4O2S. The van der Waals surface area contributed by atoms with Crippen molar-refractivity contribution < 1.29 is 12.8 Å². The fraction of sp³-hybridized carbons (Fsp3) is 0. The number of imidazole rings is 1. The van der Waals surface area contributed by atoms with Crippen LogP contribution in [0, 0.1) is 5.82 Å². The Kier molecular flexibility index (Phi) is 1.91. The highest BCUT2D eigenvalue weighted by molar-refractivity contribution is 7.89. The lowest BCUT2D eigenvalue weighted by Crippen LogP contribution is -2.13. The summed E-state index contributed by atoms with van der Waals surface area (Å²) in [5.41, 5.74) is 5.90. The predicted octanol–water partition coefficient (Wildman–Crippen LogP) is -0.0684. The number of fused-ring (bicyclic) bond motifs is 1. The largest absolute Gasteiger partial charge is 0.369 e. The summed E-state index contributed by atoms with van der Waals surface area (Å²) < 4.78 is 35.2. The number of anilines is 1. The van der Waals surface area contributed by atoms with Crippen molar-refractivity contribution in [2.75, 3.05) is 5.73 Å². The van der Waals surface area contributed by atoms with Gasteiger partial charge in [-0.2, -0.15) is 0 Å². The van der Waals surface area contributed by atoms with Crippen LogP contribution >= 0.6 is 0 Å². The summed E-state index contributed by atoms with van der Waals surface area (Å²) >= 11 is 0. The van der Waals surface area contributed by atoms with E-state index in [0.717, 1.165) is 12.1 Å². The third-order valence-corrected chi connectivity index (χ3v) is 2.79. The van der Waals surface area contributed by atoms with Crippen LogP contribution in [-0.2, 0) is 10.0 Å². The number of hydrogen-bond donors (Lipinski definition) is 3.